The predicted octanol–water partition coefficient (Wildman–Crippen LogP) is 3.56. The molecular weight excluding hydrogens is 400 g/mol. The highest BCUT2D eigenvalue weighted by atomic mass is 16.3. The van der Waals surface area contributed by atoms with Crippen LogP contribution >= 0.6 is 0 Å². The molecule has 0 amide bonds. The summed E-state index contributed by atoms with van der Waals surface area (Å²) in [4.78, 5) is 20.6. The van der Waals surface area contributed by atoms with Crippen LogP contribution in [0, 0.1) is 0 Å². The average molecular weight is 431 g/mol. The summed E-state index contributed by atoms with van der Waals surface area (Å²) in [6.07, 6.45) is 1.67. The molecule has 1 aromatic heterocycles. The van der Waals surface area contributed by atoms with Gasteiger partial charge < -0.3 is 20.6 Å². The van der Waals surface area contributed by atoms with Crippen LogP contribution in [0.2, 0.25) is 0 Å². The first-order valence-electron chi connectivity index (χ1n) is 11.0. The highest BCUT2D eigenvalue weighted by Crippen LogP contribution is 2.29. The SMILES string of the molecule is CC(C)(O)c1cnc(N2CCNCC2)c(C(=O)c2ccccc2NCc2ccccc2)c1. The van der Waals surface area contributed by atoms with Gasteiger partial charge in [-0.15, -0.1) is 0 Å². The number of aromatic nitrogens is 1. The molecule has 6 nitrogen and oxygen atoms in total. The first-order chi connectivity index (χ1) is 15.4. The van der Waals surface area contributed by atoms with E-state index in [4.69, 9.17) is 0 Å². The second kappa shape index (κ2) is 9.51. The van der Waals surface area contributed by atoms with Gasteiger partial charge in [0.15, 0.2) is 5.78 Å². The molecular formula is C26H30N4O2. The van der Waals surface area contributed by atoms with Gasteiger partial charge in [0.05, 0.1) is 11.2 Å². The molecule has 6 heteroatoms. The van der Waals surface area contributed by atoms with Gasteiger partial charge in [-0.05, 0) is 37.6 Å². The molecule has 0 saturated carbocycles. The number of piperazine rings is 1. The number of anilines is 2. The second-order valence-corrected chi connectivity index (χ2v) is 8.61. The zero-order valence-electron chi connectivity index (χ0n) is 18.6. The van der Waals surface area contributed by atoms with Crippen LogP contribution < -0.4 is 15.5 Å². The average Bonchev–Trinajstić information content (AvgIpc) is 2.83. The van der Waals surface area contributed by atoms with E-state index >= 15 is 0 Å². The van der Waals surface area contributed by atoms with Gasteiger partial charge in [-0.25, -0.2) is 4.98 Å². The largest absolute Gasteiger partial charge is 0.386 e. The van der Waals surface area contributed by atoms with Crippen LogP contribution in [0.4, 0.5) is 11.5 Å². The Hall–Kier alpha value is -3.22. The fourth-order valence-electron chi connectivity index (χ4n) is 3.86. The van der Waals surface area contributed by atoms with Crippen LogP contribution in [-0.4, -0.2) is 42.1 Å². The number of hydrogen-bond acceptors (Lipinski definition) is 6. The monoisotopic (exact) mass is 430 g/mol. The molecule has 0 atom stereocenters. The summed E-state index contributed by atoms with van der Waals surface area (Å²) in [6, 6.07) is 19.5. The van der Waals surface area contributed by atoms with Crippen LogP contribution in [0.15, 0.2) is 66.9 Å². The molecule has 4 rings (SSSR count). The minimum atomic E-state index is -1.09. The number of benzene rings is 2. The number of para-hydroxylation sites is 1. The van der Waals surface area contributed by atoms with Crippen molar-refractivity contribution in [2.24, 2.45) is 0 Å². The van der Waals surface area contributed by atoms with Gasteiger partial charge in [0.25, 0.3) is 0 Å². The normalized spacial score (nSPS) is 14.3. The lowest BCUT2D eigenvalue weighted by molar-refractivity contribution is 0.0781. The number of pyridine rings is 1. The van der Waals surface area contributed by atoms with Gasteiger partial charge in [-0.2, -0.15) is 0 Å². The molecule has 0 bridgehead atoms. The number of hydrogen-bond donors (Lipinski definition) is 3. The Morgan fingerprint density at radius 1 is 1.06 bits per heavy atom. The van der Waals surface area contributed by atoms with E-state index in [1.54, 1.807) is 26.1 Å². The van der Waals surface area contributed by atoms with E-state index in [1.807, 2.05) is 42.5 Å². The summed E-state index contributed by atoms with van der Waals surface area (Å²) in [5.74, 6) is 0.565. The van der Waals surface area contributed by atoms with Crippen molar-refractivity contribution < 1.29 is 9.90 Å². The quantitative estimate of drug-likeness (QED) is 0.498. The molecule has 0 unspecified atom stereocenters. The summed E-state index contributed by atoms with van der Waals surface area (Å²) < 4.78 is 0. The Kier molecular flexibility index (Phi) is 6.53. The van der Waals surface area contributed by atoms with E-state index in [2.05, 4.69) is 32.7 Å². The van der Waals surface area contributed by atoms with Gasteiger partial charge in [0.1, 0.15) is 5.82 Å². The van der Waals surface area contributed by atoms with Crippen molar-refractivity contribution in [1.29, 1.82) is 0 Å². The van der Waals surface area contributed by atoms with E-state index in [0.29, 0.717) is 29.1 Å². The topological polar surface area (TPSA) is 77.5 Å². The van der Waals surface area contributed by atoms with Crippen LogP contribution in [0.1, 0.15) is 40.9 Å². The lowest BCUT2D eigenvalue weighted by atomic mass is 9.94. The molecule has 2 aromatic carbocycles. The number of ketones is 1. The van der Waals surface area contributed by atoms with Crippen molar-refractivity contribution in [3.63, 3.8) is 0 Å². The molecule has 1 fully saturated rings. The standard InChI is InChI=1S/C26H30N4O2/c1-26(2,32)20-16-22(25(29-18-20)30-14-12-27-13-15-30)24(31)21-10-6-7-11-23(21)28-17-19-8-4-3-5-9-19/h3-11,16,18,27-28,32H,12-15,17H2,1-2H3. The smallest absolute Gasteiger partial charge is 0.198 e. The van der Waals surface area contributed by atoms with Gasteiger partial charge in [0.2, 0.25) is 0 Å². The molecule has 0 radical (unpaired) electrons. The number of aliphatic hydroxyl groups is 1. The minimum absolute atomic E-state index is 0.103. The maximum atomic E-state index is 13.8. The summed E-state index contributed by atoms with van der Waals surface area (Å²) in [7, 11) is 0. The predicted molar refractivity (Wildman–Crippen MR) is 128 cm³/mol. The fourth-order valence-corrected chi connectivity index (χ4v) is 3.86. The van der Waals surface area contributed by atoms with Crippen molar-refractivity contribution in [2.75, 3.05) is 36.4 Å². The van der Waals surface area contributed by atoms with Crippen LogP contribution in [0.25, 0.3) is 0 Å². The number of rotatable bonds is 7. The van der Waals surface area contributed by atoms with E-state index < -0.39 is 5.60 Å². The van der Waals surface area contributed by atoms with E-state index in [0.717, 1.165) is 37.4 Å². The van der Waals surface area contributed by atoms with E-state index in [9.17, 15) is 9.90 Å². The third kappa shape index (κ3) is 4.98. The van der Waals surface area contributed by atoms with Crippen molar-refractivity contribution >= 4 is 17.3 Å². The Bertz CT molecular complexity index is 1070. The molecule has 3 N–H and O–H groups in total. The molecule has 32 heavy (non-hydrogen) atoms. The van der Waals surface area contributed by atoms with Gasteiger partial charge in [-0.3, -0.25) is 4.79 Å². The maximum Gasteiger partial charge on any atom is 0.198 e. The van der Waals surface area contributed by atoms with Crippen molar-refractivity contribution in [3.8, 4) is 0 Å². The summed E-state index contributed by atoms with van der Waals surface area (Å²) in [5.41, 5.74) is 2.56. The number of nitrogens with one attached hydrogen (secondary N) is 2. The number of carbonyl (C=O) groups is 1. The highest BCUT2D eigenvalue weighted by molar-refractivity contribution is 6.15. The minimum Gasteiger partial charge on any atom is -0.386 e. The first kappa shape index (κ1) is 22.0. The molecule has 166 valence electrons. The molecule has 0 aliphatic carbocycles. The van der Waals surface area contributed by atoms with Crippen molar-refractivity contribution in [3.05, 3.63) is 89.1 Å². The maximum absolute atomic E-state index is 13.8. The number of nitrogens with zero attached hydrogens (tertiary/aromatic N) is 2. The molecule has 1 aliphatic rings. The van der Waals surface area contributed by atoms with Gasteiger partial charge in [0, 0.05) is 55.7 Å². The van der Waals surface area contributed by atoms with Crippen LogP contribution in [-0.2, 0) is 12.1 Å². The lowest BCUT2D eigenvalue weighted by Gasteiger charge is -2.30. The third-order valence-corrected chi connectivity index (χ3v) is 5.73. The molecule has 0 spiro atoms. The summed E-state index contributed by atoms with van der Waals surface area (Å²) >= 11 is 0. The Labute approximate surface area is 189 Å². The Morgan fingerprint density at radius 3 is 2.47 bits per heavy atom. The Morgan fingerprint density at radius 2 is 1.75 bits per heavy atom. The summed E-state index contributed by atoms with van der Waals surface area (Å²) in [5, 5.41) is 17.3. The lowest BCUT2D eigenvalue weighted by Crippen LogP contribution is -2.44. The first-order valence-corrected chi connectivity index (χ1v) is 11.0. The van der Waals surface area contributed by atoms with Crippen molar-refractivity contribution in [2.45, 2.75) is 26.0 Å². The number of carbonyl (C=O) groups excluding carboxylic acids is 1. The molecule has 2 heterocycles. The van der Waals surface area contributed by atoms with E-state index in [-0.39, 0.29) is 5.78 Å². The molecule has 1 saturated heterocycles. The van der Waals surface area contributed by atoms with Crippen molar-refractivity contribution in [1.82, 2.24) is 10.3 Å². The zero-order valence-corrected chi connectivity index (χ0v) is 18.6. The zero-order chi connectivity index (χ0) is 22.6. The third-order valence-electron chi connectivity index (χ3n) is 5.73. The van der Waals surface area contributed by atoms with Gasteiger partial charge in [-0.1, -0.05) is 42.5 Å². The summed E-state index contributed by atoms with van der Waals surface area (Å²) in [6.45, 7) is 7.29. The molecule has 1 aliphatic heterocycles. The van der Waals surface area contributed by atoms with Gasteiger partial charge >= 0.3 is 0 Å². The van der Waals surface area contributed by atoms with Crippen LogP contribution in [0.5, 0.6) is 0 Å². The van der Waals surface area contributed by atoms with E-state index in [1.165, 1.54) is 0 Å². The fraction of sp³-hybridized carbons (Fsp3) is 0.308. The second-order valence-electron chi connectivity index (χ2n) is 8.61. The highest BCUT2D eigenvalue weighted by Gasteiger charge is 2.26. The molecule has 3 aromatic rings. The Balaban J connectivity index is 1.70. The van der Waals surface area contributed by atoms with Crippen LogP contribution in [0.3, 0.4) is 0 Å².